The number of nitrogens with zero attached hydrogens (tertiary/aromatic N) is 3. The van der Waals surface area contributed by atoms with Crippen LogP contribution in [0, 0.1) is 0 Å². The Morgan fingerprint density at radius 3 is 3.28 bits per heavy atom. The van der Waals surface area contributed by atoms with E-state index in [4.69, 9.17) is 4.74 Å². The topological polar surface area (TPSA) is 71.7 Å². The lowest BCUT2D eigenvalue weighted by Crippen LogP contribution is -2.43. The lowest BCUT2D eigenvalue weighted by atomic mass is 9.97. The summed E-state index contributed by atoms with van der Waals surface area (Å²) in [5, 5.41) is 17.6. The first-order chi connectivity index (χ1) is 8.67. The van der Waals surface area contributed by atoms with Gasteiger partial charge in [-0.3, -0.25) is 0 Å². The Morgan fingerprint density at radius 1 is 1.61 bits per heavy atom. The molecule has 0 aromatic carbocycles. The van der Waals surface area contributed by atoms with Crippen LogP contribution in [0.3, 0.4) is 0 Å². The summed E-state index contributed by atoms with van der Waals surface area (Å²) in [5.74, 6) is 0.732. The van der Waals surface area contributed by atoms with E-state index in [1.54, 1.807) is 10.7 Å². The van der Waals surface area contributed by atoms with Crippen LogP contribution in [0.25, 0.3) is 5.65 Å². The molecular weight excluding hydrogens is 232 g/mol. The molecular formula is C12H16N4O2. The van der Waals surface area contributed by atoms with Gasteiger partial charge in [0, 0.05) is 31.8 Å². The molecule has 0 saturated carbocycles. The van der Waals surface area contributed by atoms with Crippen molar-refractivity contribution >= 4 is 11.5 Å². The smallest absolute Gasteiger partial charge is 0.157 e. The van der Waals surface area contributed by atoms with Gasteiger partial charge in [-0.1, -0.05) is 0 Å². The highest BCUT2D eigenvalue weighted by Crippen LogP contribution is 2.25. The van der Waals surface area contributed by atoms with Gasteiger partial charge >= 0.3 is 0 Å². The second-order valence-corrected chi connectivity index (χ2v) is 4.67. The normalized spacial score (nSPS) is 27.8. The molecule has 3 heterocycles. The Bertz CT molecular complexity index is 556. The number of aromatic nitrogens is 3. The number of anilines is 1. The van der Waals surface area contributed by atoms with Crippen LogP contribution in [0.5, 0.6) is 0 Å². The van der Waals surface area contributed by atoms with Crippen LogP contribution < -0.4 is 5.32 Å². The minimum atomic E-state index is -0.811. The fourth-order valence-corrected chi connectivity index (χ4v) is 2.16. The molecule has 2 N–H and O–H groups in total. The van der Waals surface area contributed by atoms with E-state index in [1.165, 1.54) is 0 Å². The van der Waals surface area contributed by atoms with Crippen LogP contribution >= 0.6 is 0 Å². The maximum Gasteiger partial charge on any atom is 0.157 e. The molecule has 3 rings (SSSR count). The third kappa shape index (κ3) is 1.93. The van der Waals surface area contributed by atoms with Crippen molar-refractivity contribution in [1.82, 2.24) is 14.6 Å². The van der Waals surface area contributed by atoms with E-state index in [1.807, 2.05) is 25.3 Å². The van der Waals surface area contributed by atoms with Crippen LogP contribution in [0.2, 0.25) is 0 Å². The van der Waals surface area contributed by atoms with Crippen LogP contribution in [-0.2, 0) is 4.74 Å². The number of hydrogen-bond acceptors (Lipinski definition) is 5. The summed E-state index contributed by atoms with van der Waals surface area (Å²) < 4.78 is 7.09. The molecule has 0 amide bonds. The van der Waals surface area contributed by atoms with Crippen molar-refractivity contribution in [3.63, 3.8) is 0 Å². The van der Waals surface area contributed by atoms with E-state index >= 15 is 0 Å². The first kappa shape index (κ1) is 11.4. The SMILES string of the molecule is CC1OCCC1(O)CNc1ccn2nccc2n1. The largest absolute Gasteiger partial charge is 0.385 e. The standard InChI is InChI=1S/C12H16N4O2/c1-9-12(17,4-7-18-9)8-13-10-3-6-16-11(15-10)2-5-14-16/h2-3,5-6,9,17H,4,7-8H2,1H3,(H,13,15). The van der Waals surface area contributed by atoms with Crippen molar-refractivity contribution in [3.05, 3.63) is 24.5 Å². The van der Waals surface area contributed by atoms with Crippen molar-refractivity contribution in [2.24, 2.45) is 0 Å². The van der Waals surface area contributed by atoms with Crippen LogP contribution in [-0.4, -0.2) is 44.6 Å². The highest BCUT2D eigenvalue weighted by atomic mass is 16.5. The first-order valence-electron chi connectivity index (χ1n) is 6.06. The Morgan fingerprint density at radius 2 is 2.50 bits per heavy atom. The number of nitrogens with one attached hydrogen (secondary N) is 1. The van der Waals surface area contributed by atoms with E-state index in [0.717, 1.165) is 11.5 Å². The summed E-state index contributed by atoms with van der Waals surface area (Å²) in [6, 6.07) is 3.67. The molecule has 0 spiro atoms. The number of ether oxygens (including phenoxy) is 1. The van der Waals surface area contributed by atoms with Gasteiger partial charge < -0.3 is 15.2 Å². The summed E-state index contributed by atoms with van der Waals surface area (Å²) >= 11 is 0. The van der Waals surface area contributed by atoms with Crippen molar-refractivity contribution in [1.29, 1.82) is 0 Å². The average Bonchev–Trinajstić information content (AvgIpc) is 2.95. The summed E-state index contributed by atoms with van der Waals surface area (Å²) in [4.78, 5) is 4.39. The van der Waals surface area contributed by atoms with Gasteiger partial charge in [-0.2, -0.15) is 5.10 Å². The number of fused-ring (bicyclic) bond motifs is 1. The van der Waals surface area contributed by atoms with Crippen molar-refractivity contribution < 1.29 is 9.84 Å². The van der Waals surface area contributed by atoms with Gasteiger partial charge in [-0.15, -0.1) is 0 Å². The van der Waals surface area contributed by atoms with E-state index in [-0.39, 0.29) is 6.10 Å². The van der Waals surface area contributed by atoms with Crippen molar-refractivity contribution in [3.8, 4) is 0 Å². The fourth-order valence-electron chi connectivity index (χ4n) is 2.16. The van der Waals surface area contributed by atoms with E-state index in [0.29, 0.717) is 19.6 Å². The summed E-state index contributed by atoms with van der Waals surface area (Å²) in [5.41, 5.74) is -0.0312. The highest BCUT2D eigenvalue weighted by molar-refractivity contribution is 5.45. The monoisotopic (exact) mass is 248 g/mol. The second kappa shape index (κ2) is 4.22. The molecule has 2 atom stereocenters. The Labute approximate surface area is 105 Å². The molecule has 2 aromatic rings. The van der Waals surface area contributed by atoms with Crippen molar-refractivity contribution in [2.45, 2.75) is 25.0 Å². The maximum atomic E-state index is 10.4. The molecule has 0 aliphatic carbocycles. The zero-order chi connectivity index (χ0) is 12.6. The molecule has 1 fully saturated rings. The molecule has 0 radical (unpaired) electrons. The maximum absolute atomic E-state index is 10.4. The second-order valence-electron chi connectivity index (χ2n) is 4.67. The van der Waals surface area contributed by atoms with Crippen molar-refractivity contribution in [2.75, 3.05) is 18.5 Å². The van der Waals surface area contributed by atoms with Gasteiger partial charge in [-0.25, -0.2) is 9.50 Å². The molecule has 18 heavy (non-hydrogen) atoms. The van der Waals surface area contributed by atoms with Gasteiger partial charge in [0.05, 0.1) is 12.3 Å². The molecule has 6 nitrogen and oxygen atoms in total. The third-order valence-electron chi connectivity index (χ3n) is 3.49. The van der Waals surface area contributed by atoms with Gasteiger partial charge in [0.1, 0.15) is 11.4 Å². The van der Waals surface area contributed by atoms with Crippen LogP contribution in [0.4, 0.5) is 5.82 Å². The molecule has 2 unspecified atom stereocenters. The predicted octanol–water partition coefficient (Wildman–Crippen LogP) is 0.681. The van der Waals surface area contributed by atoms with Crippen LogP contribution in [0.1, 0.15) is 13.3 Å². The Kier molecular flexibility index (Phi) is 2.68. The lowest BCUT2D eigenvalue weighted by molar-refractivity contribution is -0.0176. The highest BCUT2D eigenvalue weighted by Gasteiger charge is 2.39. The number of rotatable bonds is 3. The van der Waals surface area contributed by atoms with Gasteiger partial charge in [0.2, 0.25) is 0 Å². The summed E-state index contributed by atoms with van der Waals surface area (Å²) in [6.07, 6.45) is 4.04. The van der Waals surface area contributed by atoms with E-state index in [9.17, 15) is 5.11 Å². The molecule has 1 saturated heterocycles. The van der Waals surface area contributed by atoms with Gasteiger partial charge in [0.15, 0.2) is 5.65 Å². The number of hydrogen-bond donors (Lipinski definition) is 2. The minimum absolute atomic E-state index is 0.149. The summed E-state index contributed by atoms with van der Waals surface area (Å²) in [7, 11) is 0. The summed E-state index contributed by atoms with van der Waals surface area (Å²) in [6.45, 7) is 2.93. The lowest BCUT2D eigenvalue weighted by Gasteiger charge is -2.26. The Balaban J connectivity index is 1.72. The average molecular weight is 248 g/mol. The van der Waals surface area contributed by atoms with E-state index < -0.39 is 5.60 Å². The Hall–Kier alpha value is -1.66. The minimum Gasteiger partial charge on any atom is -0.385 e. The number of aliphatic hydroxyl groups is 1. The molecule has 0 bridgehead atoms. The predicted molar refractivity (Wildman–Crippen MR) is 66.5 cm³/mol. The van der Waals surface area contributed by atoms with E-state index in [2.05, 4.69) is 15.4 Å². The third-order valence-corrected chi connectivity index (χ3v) is 3.49. The molecule has 1 aliphatic rings. The molecule has 6 heteroatoms. The molecule has 1 aliphatic heterocycles. The fraction of sp³-hybridized carbons (Fsp3) is 0.500. The molecule has 2 aromatic heterocycles. The van der Waals surface area contributed by atoms with Gasteiger partial charge in [-0.05, 0) is 13.0 Å². The first-order valence-corrected chi connectivity index (χ1v) is 6.06. The van der Waals surface area contributed by atoms with Gasteiger partial charge in [0.25, 0.3) is 0 Å². The quantitative estimate of drug-likeness (QED) is 0.835. The van der Waals surface area contributed by atoms with Crippen LogP contribution in [0.15, 0.2) is 24.5 Å². The molecule has 96 valence electrons. The zero-order valence-electron chi connectivity index (χ0n) is 10.2. The zero-order valence-corrected chi connectivity index (χ0v) is 10.2.